The highest BCUT2D eigenvalue weighted by Gasteiger charge is 2.28. The van der Waals surface area contributed by atoms with Gasteiger partial charge in [-0.2, -0.15) is 5.10 Å². The van der Waals surface area contributed by atoms with Gasteiger partial charge in [0.15, 0.2) is 0 Å². The predicted molar refractivity (Wildman–Crippen MR) is 124 cm³/mol. The summed E-state index contributed by atoms with van der Waals surface area (Å²) in [6.07, 6.45) is 5.23. The minimum absolute atomic E-state index is 0.144. The van der Waals surface area contributed by atoms with Crippen LogP contribution in [0.25, 0.3) is 5.69 Å². The summed E-state index contributed by atoms with van der Waals surface area (Å²) in [7, 11) is 0. The molecule has 1 aliphatic heterocycles. The molecule has 2 heterocycles. The Morgan fingerprint density at radius 2 is 1.61 bits per heavy atom. The van der Waals surface area contributed by atoms with Crippen LogP contribution in [0.4, 0.5) is 5.82 Å². The summed E-state index contributed by atoms with van der Waals surface area (Å²) < 4.78 is 1.80. The van der Waals surface area contributed by atoms with E-state index in [1.54, 1.807) is 28.9 Å². The SMILES string of the molecule is O=C(Nc1cc(C2CCCC2)nn1-c1ccccc1)c1ccc(CN2C(=O)CCC2=O)cc1. The van der Waals surface area contributed by atoms with Crippen LogP contribution in [-0.4, -0.2) is 32.4 Å². The Hall–Kier alpha value is -3.74. The van der Waals surface area contributed by atoms with Crippen LogP contribution in [0.2, 0.25) is 0 Å². The molecule has 1 N–H and O–H groups in total. The highest BCUT2D eigenvalue weighted by Crippen LogP contribution is 2.35. The maximum atomic E-state index is 13.0. The number of para-hydroxylation sites is 1. The first kappa shape index (κ1) is 21.1. The number of amides is 3. The van der Waals surface area contributed by atoms with Crippen molar-refractivity contribution in [2.45, 2.75) is 51.0 Å². The molecule has 0 unspecified atom stereocenters. The van der Waals surface area contributed by atoms with Gasteiger partial charge >= 0.3 is 0 Å². The first-order valence-electron chi connectivity index (χ1n) is 11.5. The largest absolute Gasteiger partial charge is 0.306 e. The fraction of sp³-hybridized carbons (Fsp3) is 0.308. The van der Waals surface area contributed by atoms with Gasteiger partial charge in [-0.25, -0.2) is 4.68 Å². The zero-order valence-corrected chi connectivity index (χ0v) is 18.4. The number of carbonyl (C=O) groups is 3. The zero-order valence-electron chi connectivity index (χ0n) is 18.4. The maximum Gasteiger partial charge on any atom is 0.256 e. The first-order chi connectivity index (χ1) is 16.1. The molecule has 1 aromatic heterocycles. The molecule has 168 valence electrons. The number of hydrogen-bond acceptors (Lipinski definition) is 4. The molecule has 7 heteroatoms. The average Bonchev–Trinajstić information content (AvgIpc) is 3.58. The summed E-state index contributed by atoms with van der Waals surface area (Å²) in [5.41, 5.74) is 3.23. The van der Waals surface area contributed by atoms with E-state index in [0.29, 0.717) is 17.3 Å². The van der Waals surface area contributed by atoms with Crippen LogP contribution in [0.1, 0.15) is 66.1 Å². The molecule has 2 fully saturated rings. The van der Waals surface area contributed by atoms with E-state index >= 15 is 0 Å². The molecule has 1 aliphatic carbocycles. The fourth-order valence-electron chi connectivity index (χ4n) is 4.61. The van der Waals surface area contributed by atoms with E-state index in [9.17, 15) is 14.4 Å². The third kappa shape index (κ3) is 4.44. The van der Waals surface area contributed by atoms with Gasteiger partial charge in [-0.05, 0) is 42.7 Å². The Balaban J connectivity index is 1.34. The molecule has 1 saturated heterocycles. The van der Waals surface area contributed by atoms with Crippen LogP contribution in [0.5, 0.6) is 0 Å². The molecular weight excluding hydrogens is 416 g/mol. The van der Waals surface area contributed by atoms with E-state index in [0.717, 1.165) is 29.8 Å². The Bertz CT molecular complexity index is 1160. The van der Waals surface area contributed by atoms with E-state index in [-0.39, 0.29) is 37.1 Å². The summed E-state index contributed by atoms with van der Waals surface area (Å²) in [4.78, 5) is 38.0. The van der Waals surface area contributed by atoms with Crippen molar-refractivity contribution in [1.82, 2.24) is 14.7 Å². The molecule has 33 heavy (non-hydrogen) atoms. The average molecular weight is 443 g/mol. The molecule has 0 atom stereocenters. The minimum Gasteiger partial charge on any atom is -0.306 e. The van der Waals surface area contributed by atoms with Crippen molar-refractivity contribution >= 4 is 23.5 Å². The molecular formula is C26H26N4O3. The van der Waals surface area contributed by atoms with Crippen LogP contribution < -0.4 is 5.32 Å². The lowest BCUT2D eigenvalue weighted by Crippen LogP contribution is -2.28. The lowest BCUT2D eigenvalue weighted by molar-refractivity contribution is -0.139. The quantitative estimate of drug-likeness (QED) is 0.573. The molecule has 3 amide bonds. The highest BCUT2D eigenvalue weighted by molar-refractivity contribution is 6.04. The van der Waals surface area contributed by atoms with Gasteiger partial charge in [-0.3, -0.25) is 19.3 Å². The molecule has 0 radical (unpaired) electrons. The van der Waals surface area contributed by atoms with E-state index in [1.807, 2.05) is 36.4 Å². The molecule has 2 aromatic carbocycles. The smallest absolute Gasteiger partial charge is 0.256 e. The van der Waals surface area contributed by atoms with Crippen LogP contribution >= 0.6 is 0 Å². The molecule has 5 rings (SSSR count). The lowest BCUT2D eigenvalue weighted by atomic mass is 10.0. The number of anilines is 1. The Labute approximate surface area is 192 Å². The van der Waals surface area contributed by atoms with Gasteiger partial charge in [0, 0.05) is 30.4 Å². The number of nitrogens with one attached hydrogen (secondary N) is 1. The number of carbonyl (C=O) groups excluding carboxylic acids is 3. The van der Waals surface area contributed by atoms with Crippen molar-refractivity contribution in [3.05, 3.63) is 77.5 Å². The van der Waals surface area contributed by atoms with Crippen molar-refractivity contribution in [1.29, 1.82) is 0 Å². The topological polar surface area (TPSA) is 84.3 Å². The van der Waals surface area contributed by atoms with E-state index in [2.05, 4.69) is 5.32 Å². The summed E-state index contributed by atoms with van der Waals surface area (Å²) in [5.74, 6) is 0.555. The summed E-state index contributed by atoms with van der Waals surface area (Å²) in [5, 5.41) is 7.85. The third-order valence-corrected chi connectivity index (χ3v) is 6.46. The number of benzene rings is 2. The van der Waals surface area contributed by atoms with Crippen LogP contribution in [0.15, 0.2) is 60.7 Å². The van der Waals surface area contributed by atoms with E-state index < -0.39 is 0 Å². The van der Waals surface area contributed by atoms with Gasteiger partial charge in [0.05, 0.1) is 17.9 Å². The second-order valence-corrected chi connectivity index (χ2v) is 8.71. The molecule has 1 saturated carbocycles. The molecule has 0 spiro atoms. The van der Waals surface area contributed by atoms with Crippen LogP contribution in [0, 0.1) is 0 Å². The predicted octanol–water partition coefficient (Wildman–Crippen LogP) is 4.43. The second-order valence-electron chi connectivity index (χ2n) is 8.71. The Morgan fingerprint density at radius 1 is 0.939 bits per heavy atom. The van der Waals surface area contributed by atoms with E-state index in [4.69, 9.17) is 5.10 Å². The molecule has 3 aromatic rings. The van der Waals surface area contributed by atoms with Crippen molar-refractivity contribution in [3.63, 3.8) is 0 Å². The highest BCUT2D eigenvalue weighted by atomic mass is 16.2. The minimum atomic E-state index is -0.232. The summed E-state index contributed by atoms with van der Waals surface area (Å²) in [6, 6.07) is 18.8. The first-order valence-corrected chi connectivity index (χ1v) is 11.5. The standard InChI is InChI=1S/C26H26N4O3/c31-24-14-15-25(32)29(24)17-18-10-12-20(13-11-18)26(33)27-23-16-22(19-6-4-5-7-19)28-30(23)21-8-2-1-3-9-21/h1-3,8-13,16,19H,4-7,14-15,17H2,(H,27,33). The number of likely N-dealkylation sites (tertiary alicyclic amines) is 1. The number of rotatable bonds is 6. The Kier molecular flexibility index (Phi) is 5.77. The number of imide groups is 1. The second kappa shape index (κ2) is 9.02. The van der Waals surface area contributed by atoms with Crippen molar-refractivity contribution in [2.24, 2.45) is 0 Å². The third-order valence-electron chi connectivity index (χ3n) is 6.46. The normalized spacial score (nSPS) is 16.5. The van der Waals surface area contributed by atoms with Gasteiger partial charge in [-0.15, -0.1) is 0 Å². The number of aromatic nitrogens is 2. The fourth-order valence-corrected chi connectivity index (χ4v) is 4.61. The zero-order chi connectivity index (χ0) is 22.8. The summed E-state index contributed by atoms with van der Waals surface area (Å²) >= 11 is 0. The maximum absolute atomic E-state index is 13.0. The molecule has 0 bridgehead atoms. The van der Waals surface area contributed by atoms with Crippen LogP contribution in [0.3, 0.4) is 0 Å². The van der Waals surface area contributed by atoms with Crippen LogP contribution in [-0.2, 0) is 16.1 Å². The van der Waals surface area contributed by atoms with Gasteiger partial charge < -0.3 is 5.32 Å². The van der Waals surface area contributed by atoms with Gasteiger partial charge in [0.1, 0.15) is 5.82 Å². The number of nitrogens with zero attached hydrogens (tertiary/aromatic N) is 3. The lowest BCUT2D eigenvalue weighted by Gasteiger charge is -2.14. The van der Waals surface area contributed by atoms with Crippen molar-refractivity contribution < 1.29 is 14.4 Å². The van der Waals surface area contributed by atoms with Gasteiger partial charge in [-0.1, -0.05) is 43.2 Å². The Morgan fingerprint density at radius 3 is 2.27 bits per heavy atom. The van der Waals surface area contributed by atoms with Crippen molar-refractivity contribution in [3.8, 4) is 5.69 Å². The van der Waals surface area contributed by atoms with Crippen molar-refractivity contribution in [2.75, 3.05) is 5.32 Å². The summed E-state index contributed by atoms with van der Waals surface area (Å²) in [6.45, 7) is 0.241. The van der Waals surface area contributed by atoms with E-state index in [1.165, 1.54) is 17.7 Å². The molecule has 2 aliphatic rings. The molecule has 7 nitrogen and oxygen atoms in total. The monoisotopic (exact) mass is 442 g/mol. The van der Waals surface area contributed by atoms with Gasteiger partial charge in [0.25, 0.3) is 5.91 Å². The van der Waals surface area contributed by atoms with Gasteiger partial charge in [0.2, 0.25) is 11.8 Å². The number of hydrogen-bond donors (Lipinski definition) is 1.